The molecule has 1 amide bonds. The van der Waals surface area contributed by atoms with E-state index in [0.717, 1.165) is 25.7 Å². The number of benzene rings is 1. The smallest absolute Gasteiger partial charge is 0.326 e. The van der Waals surface area contributed by atoms with E-state index in [1.54, 1.807) is 0 Å². The average Bonchev–Trinajstić information content (AvgIpc) is 3.38. The molecule has 0 spiro atoms. The van der Waals surface area contributed by atoms with Gasteiger partial charge in [-0.25, -0.2) is 17.9 Å². The van der Waals surface area contributed by atoms with Crippen LogP contribution in [0.2, 0.25) is 0 Å². The zero-order chi connectivity index (χ0) is 16.6. The molecule has 3 N–H and O–H groups in total. The van der Waals surface area contributed by atoms with Gasteiger partial charge >= 0.3 is 5.97 Å². The molecule has 0 saturated heterocycles. The third-order valence-electron chi connectivity index (χ3n) is 3.97. The fourth-order valence-corrected chi connectivity index (χ4v) is 3.61. The van der Waals surface area contributed by atoms with Gasteiger partial charge in [0.2, 0.25) is 10.0 Å². The summed E-state index contributed by atoms with van der Waals surface area (Å²) < 4.78 is 26.6. The normalized spacial score (nSPS) is 19.1. The van der Waals surface area contributed by atoms with Gasteiger partial charge in [-0.15, -0.1) is 0 Å². The van der Waals surface area contributed by atoms with Crippen molar-refractivity contribution in [1.29, 1.82) is 0 Å². The standard InChI is InChI=1S/C15H18N2O5S/c18-14(16-13(15(19)20)9-1-2-9)10-3-7-12(8-4-10)23(21,22)17-11-5-6-11/h3-4,7-9,11,13,17H,1-2,5-6H2,(H,16,18)(H,19,20). The Hall–Kier alpha value is -1.93. The summed E-state index contributed by atoms with van der Waals surface area (Å²) >= 11 is 0. The predicted octanol–water partition coefficient (Wildman–Crippen LogP) is 0.720. The molecule has 7 nitrogen and oxygen atoms in total. The topological polar surface area (TPSA) is 113 Å². The van der Waals surface area contributed by atoms with Crippen molar-refractivity contribution >= 4 is 21.9 Å². The lowest BCUT2D eigenvalue weighted by atomic mass is 10.1. The summed E-state index contributed by atoms with van der Waals surface area (Å²) in [6, 6.07) is 4.62. The highest BCUT2D eigenvalue weighted by molar-refractivity contribution is 7.89. The highest BCUT2D eigenvalue weighted by Gasteiger charge is 2.37. The minimum Gasteiger partial charge on any atom is -0.480 e. The molecule has 2 saturated carbocycles. The third kappa shape index (κ3) is 3.89. The second-order valence-corrected chi connectivity index (χ2v) is 7.76. The van der Waals surface area contributed by atoms with Crippen LogP contribution in [-0.4, -0.2) is 37.5 Å². The van der Waals surface area contributed by atoms with Crippen LogP contribution in [0.4, 0.5) is 0 Å². The summed E-state index contributed by atoms with van der Waals surface area (Å²) in [5.74, 6) is -1.57. The molecule has 2 aliphatic carbocycles. The predicted molar refractivity (Wildman–Crippen MR) is 81.4 cm³/mol. The van der Waals surface area contributed by atoms with Crippen LogP contribution in [0.15, 0.2) is 29.2 Å². The summed E-state index contributed by atoms with van der Waals surface area (Å²) in [5, 5.41) is 11.6. The van der Waals surface area contributed by atoms with E-state index in [4.69, 9.17) is 5.11 Å². The van der Waals surface area contributed by atoms with Crippen LogP contribution in [0.3, 0.4) is 0 Å². The van der Waals surface area contributed by atoms with E-state index in [1.165, 1.54) is 24.3 Å². The molecule has 1 aromatic rings. The highest BCUT2D eigenvalue weighted by atomic mass is 32.2. The van der Waals surface area contributed by atoms with E-state index in [-0.39, 0.29) is 22.4 Å². The van der Waals surface area contributed by atoms with Crippen molar-refractivity contribution in [2.24, 2.45) is 5.92 Å². The highest BCUT2D eigenvalue weighted by Crippen LogP contribution is 2.32. The van der Waals surface area contributed by atoms with Gasteiger partial charge in [-0.3, -0.25) is 4.79 Å². The Morgan fingerprint density at radius 1 is 1.09 bits per heavy atom. The van der Waals surface area contributed by atoms with Crippen LogP contribution < -0.4 is 10.0 Å². The number of nitrogens with one attached hydrogen (secondary N) is 2. The molecule has 8 heteroatoms. The Kier molecular flexibility index (Phi) is 4.11. The van der Waals surface area contributed by atoms with Crippen LogP contribution in [0, 0.1) is 5.92 Å². The van der Waals surface area contributed by atoms with E-state index in [9.17, 15) is 18.0 Å². The fourth-order valence-electron chi connectivity index (χ4n) is 2.31. The van der Waals surface area contributed by atoms with Gasteiger partial charge in [0.05, 0.1) is 4.90 Å². The van der Waals surface area contributed by atoms with Gasteiger partial charge in [0.15, 0.2) is 0 Å². The maximum Gasteiger partial charge on any atom is 0.326 e. The minimum atomic E-state index is -3.56. The van der Waals surface area contributed by atoms with E-state index >= 15 is 0 Å². The molecule has 1 aromatic carbocycles. The molecule has 1 unspecified atom stereocenters. The molecule has 0 aromatic heterocycles. The van der Waals surface area contributed by atoms with Crippen LogP contribution >= 0.6 is 0 Å². The van der Waals surface area contributed by atoms with Crippen LogP contribution in [0.25, 0.3) is 0 Å². The molecule has 0 radical (unpaired) electrons. The molecule has 2 fully saturated rings. The van der Waals surface area contributed by atoms with Crippen molar-refractivity contribution < 1.29 is 23.1 Å². The number of rotatable bonds is 7. The number of hydrogen-bond donors (Lipinski definition) is 3. The van der Waals surface area contributed by atoms with Gasteiger partial charge in [-0.05, 0) is 55.9 Å². The number of hydrogen-bond acceptors (Lipinski definition) is 4. The zero-order valence-corrected chi connectivity index (χ0v) is 13.2. The summed E-state index contributed by atoms with van der Waals surface area (Å²) in [7, 11) is -3.56. The number of carboxylic acid groups (broad SMARTS) is 1. The molecule has 3 rings (SSSR count). The van der Waals surface area contributed by atoms with Gasteiger partial charge in [-0.1, -0.05) is 0 Å². The molecule has 124 valence electrons. The zero-order valence-electron chi connectivity index (χ0n) is 12.4. The lowest BCUT2D eigenvalue weighted by Gasteiger charge is -2.13. The Morgan fingerprint density at radius 2 is 1.70 bits per heavy atom. The molecular formula is C15H18N2O5S. The Balaban J connectivity index is 1.68. The number of carbonyl (C=O) groups excluding carboxylic acids is 1. The second-order valence-electron chi connectivity index (χ2n) is 6.05. The van der Waals surface area contributed by atoms with E-state index in [2.05, 4.69) is 10.0 Å². The minimum absolute atomic E-state index is 0.0119. The van der Waals surface area contributed by atoms with Crippen molar-refractivity contribution in [2.75, 3.05) is 0 Å². The first-order chi connectivity index (χ1) is 10.9. The lowest BCUT2D eigenvalue weighted by molar-refractivity contribution is -0.139. The van der Waals surface area contributed by atoms with Crippen molar-refractivity contribution in [2.45, 2.75) is 42.7 Å². The first kappa shape index (κ1) is 15.9. The maximum absolute atomic E-state index is 12.1. The van der Waals surface area contributed by atoms with Crippen LogP contribution in [0.5, 0.6) is 0 Å². The molecule has 23 heavy (non-hydrogen) atoms. The van der Waals surface area contributed by atoms with Gasteiger partial charge in [0, 0.05) is 11.6 Å². The number of carboxylic acids is 1. The first-order valence-corrected chi connectivity index (χ1v) is 9.01. The van der Waals surface area contributed by atoms with E-state index < -0.39 is 27.9 Å². The van der Waals surface area contributed by atoms with Crippen LogP contribution in [-0.2, 0) is 14.8 Å². The maximum atomic E-state index is 12.1. The Bertz CT molecular complexity index is 721. The van der Waals surface area contributed by atoms with Crippen LogP contribution in [0.1, 0.15) is 36.0 Å². The molecular weight excluding hydrogens is 320 g/mol. The van der Waals surface area contributed by atoms with E-state index in [1.807, 2.05) is 0 Å². The largest absolute Gasteiger partial charge is 0.480 e. The molecule has 0 heterocycles. The van der Waals surface area contributed by atoms with Crippen molar-refractivity contribution in [1.82, 2.24) is 10.0 Å². The number of carbonyl (C=O) groups is 2. The molecule has 0 bridgehead atoms. The number of aliphatic carboxylic acids is 1. The average molecular weight is 338 g/mol. The molecule has 1 atom stereocenters. The van der Waals surface area contributed by atoms with Gasteiger partial charge in [-0.2, -0.15) is 0 Å². The summed E-state index contributed by atoms with van der Waals surface area (Å²) in [6.45, 7) is 0. The van der Waals surface area contributed by atoms with Gasteiger partial charge < -0.3 is 10.4 Å². The SMILES string of the molecule is O=C(NC(C(=O)O)C1CC1)c1ccc(S(=O)(=O)NC2CC2)cc1. The van der Waals surface area contributed by atoms with E-state index in [0.29, 0.717) is 0 Å². The number of amides is 1. The molecule has 2 aliphatic rings. The van der Waals surface area contributed by atoms with Crippen molar-refractivity contribution in [3.63, 3.8) is 0 Å². The molecule has 0 aliphatic heterocycles. The summed E-state index contributed by atoms with van der Waals surface area (Å²) in [4.78, 5) is 23.3. The number of sulfonamides is 1. The third-order valence-corrected chi connectivity index (χ3v) is 5.51. The van der Waals surface area contributed by atoms with Gasteiger partial charge in [0.1, 0.15) is 6.04 Å². The van der Waals surface area contributed by atoms with Crippen molar-refractivity contribution in [3.8, 4) is 0 Å². The summed E-state index contributed by atoms with van der Waals surface area (Å²) in [6.07, 6.45) is 3.28. The summed E-state index contributed by atoms with van der Waals surface area (Å²) in [5.41, 5.74) is 0.238. The quantitative estimate of drug-likeness (QED) is 0.678. The first-order valence-electron chi connectivity index (χ1n) is 7.53. The second kappa shape index (κ2) is 5.93. The van der Waals surface area contributed by atoms with Crippen molar-refractivity contribution in [3.05, 3.63) is 29.8 Å². The monoisotopic (exact) mass is 338 g/mol. The Labute approximate surface area is 134 Å². The fraction of sp³-hybridized carbons (Fsp3) is 0.467. The Morgan fingerprint density at radius 3 is 2.17 bits per heavy atom. The lowest BCUT2D eigenvalue weighted by Crippen LogP contribution is -2.42. The van der Waals surface area contributed by atoms with Gasteiger partial charge in [0.25, 0.3) is 5.91 Å².